The summed E-state index contributed by atoms with van der Waals surface area (Å²) in [5.74, 6) is 1.03. The third-order valence-electron chi connectivity index (χ3n) is 4.74. The number of rotatable bonds is 6. The Hall–Kier alpha value is -2.21. The second kappa shape index (κ2) is 6.59. The number of esters is 1. The largest absolute Gasteiger partial charge is 0.497 e. The maximum atomic E-state index is 12.0. The Morgan fingerprint density at radius 1 is 1.36 bits per heavy atom. The van der Waals surface area contributed by atoms with Crippen molar-refractivity contribution in [2.45, 2.75) is 25.3 Å². The van der Waals surface area contributed by atoms with E-state index in [0.717, 1.165) is 18.6 Å². The molecule has 0 amide bonds. The van der Waals surface area contributed by atoms with Crippen LogP contribution in [-0.2, 0) is 17.3 Å². The lowest BCUT2D eigenvalue weighted by molar-refractivity contribution is 0.0519. The van der Waals surface area contributed by atoms with E-state index in [2.05, 4.69) is 22.1 Å². The van der Waals surface area contributed by atoms with Gasteiger partial charge in [0.2, 0.25) is 0 Å². The first-order valence-corrected chi connectivity index (χ1v) is 8.60. The molecule has 2 aromatic rings. The number of carbonyl (C=O) groups excluding carboxylic acids is 1. The fraction of sp³-hybridized carbons (Fsp3) is 0.444. The number of nitrogens with zero attached hydrogens (tertiary/aromatic N) is 3. The van der Waals surface area contributed by atoms with Crippen molar-refractivity contribution in [2.24, 2.45) is 7.05 Å². The lowest BCUT2D eigenvalue weighted by Gasteiger charge is -2.30. The highest BCUT2D eigenvalue weighted by molar-refractivity contribution is 6.35. The van der Waals surface area contributed by atoms with Crippen LogP contribution in [0.2, 0.25) is 5.02 Å². The van der Waals surface area contributed by atoms with Gasteiger partial charge in [-0.2, -0.15) is 5.10 Å². The van der Waals surface area contributed by atoms with Gasteiger partial charge in [-0.05, 0) is 37.5 Å². The molecule has 0 unspecified atom stereocenters. The monoisotopic (exact) mass is 363 g/mol. The normalized spacial score (nSPS) is 14.9. The van der Waals surface area contributed by atoms with Gasteiger partial charge in [-0.1, -0.05) is 23.7 Å². The lowest BCUT2D eigenvalue weighted by atomic mass is 10.0. The first-order chi connectivity index (χ1) is 11.9. The van der Waals surface area contributed by atoms with E-state index in [1.54, 1.807) is 25.8 Å². The Kier molecular flexibility index (Phi) is 4.64. The van der Waals surface area contributed by atoms with Gasteiger partial charge in [0.15, 0.2) is 5.69 Å². The van der Waals surface area contributed by atoms with Crippen molar-refractivity contribution in [2.75, 3.05) is 25.7 Å². The molecule has 0 atom stereocenters. The van der Waals surface area contributed by atoms with Crippen molar-refractivity contribution in [1.29, 1.82) is 0 Å². The molecule has 1 saturated carbocycles. The van der Waals surface area contributed by atoms with Crippen molar-refractivity contribution in [3.05, 3.63) is 40.5 Å². The standard InChI is InChI=1S/C18H22ClN3O3/c1-5-25-17(23)15-14(19)16(22(3)20-15)21(2)18(10-11-18)12-6-8-13(24-4)9-7-12/h6-9H,5,10-11H2,1-4H3. The number of anilines is 1. The minimum atomic E-state index is -0.503. The summed E-state index contributed by atoms with van der Waals surface area (Å²) in [6.45, 7) is 2.04. The van der Waals surface area contributed by atoms with Crippen LogP contribution in [0.4, 0.5) is 5.82 Å². The molecule has 1 aromatic heterocycles. The Labute approximate surface area is 152 Å². The van der Waals surface area contributed by atoms with E-state index in [-0.39, 0.29) is 17.8 Å². The third-order valence-corrected chi connectivity index (χ3v) is 5.09. The van der Waals surface area contributed by atoms with Crippen LogP contribution in [0.3, 0.4) is 0 Å². The molecule has 0 radical (unpaired) electrons. The van der Waals surface area contributed by atoms with Crippen LogP contribution in [0, 0.1) is 0 Å². The van der Waals surface area contributed by atoms with Crippen molar-refractivity contribution >= 4 is 23.4 Å². The number of benzene rings is 1. The van der Waals surface area contributed by atoms with Crippen LogP contribution in [0.25, 0.3) is 0 Å². The highest BCUT2D eigenvalue weighted by atomic mass is 35.5. The maximum absolute atomic E-state index is 12.0. The smallest absolute Gasteiger partial charge is 0.360 e. The summed E-state index contributed by atoms with van der Waals surface area (Å²) < 4.78 is 11.9. The summed E-state index contributed by atoms with van der Waals surface area (Å²) in [6, 6.07) is 8.05. The van der Waals surface area contributed by atoms with Crippen LogP contribution in [0.5, 0.6) is 5.75 Å². The lowest BCUT2D eigenvalue weighted by Crippen LogP contribution is -2.33. The fourth-order valence-electron chi connectivity index (χ4n) is 3.22. The van der Waals surface area contributed by atoms with E-state index in [9.17, 15) is 4.79 Å². The quantitative estimate of drug-likeness (QED) is 0.736. The summed E-state index contributed by atoms with van der Waals surface area (Å²) in [5.41, 5.74) is 1.19. The summed E-state index contributed by atoms with van der Waals surface area (Å²) in [4.78, 5) is 14.1. The zero-order valence-electron chi connectivity index (χ0n) is 14.9. The fourth-order valence-corrected chi connectivity index (χ4v) is 3.59. The number of hydrogen-bond acceptors (Lipinski definition) is 5. The number of carbonyl (C=O) groups is 1. The molecule has 7 heteroatoms. The number of ether oxygens (including phenoxy) is 2. The number of halogens is 1. The van der Waals surface area contributed by atoms with Gasteiger partial charge in [0.05, 0.1) is 19.3 Å². The molecule has 0 N–H and O–H groups in total. The first kappa shape index (κ1) is 17.6. The predicted molar refractivity (Wildman–Crippen MR) is 96.5 cm³/mol. The van der Waals surface area contributed by atoms with Crippen LogP contribution >= 0.6 is 11.6 Å². The molecule has 1 aliphatic rings. The van der Waals surface area contributed by atoms with Crippen molar-refractivity contribution in [3.8, 4) is 5.75 Å². The molecule has 25 heavy (non-hydrogen) atoms. The highest BCUT2D eigenvalue weighted by Gasteiger charge is 2.49. The molecule has 0 saturated heterocycles. The van der Waals surface area contributed by atoms with Gasteiger partial charge in [-0.25, -0.2) is 4.79 Å². The van der Waals surface area contributed by atoms with E-state index < -0.39 is 5.97 Å². The van der Waals surface area contributed by atoms with Gasteiger partial charge in [0.25, 0.3) is 0 Å². The van der Waals surface area contributed by atoms with Crippen LogP contribution in [0.1, 0.15) is 35.8 Å². The molecule has 0 spiro atoms. The molecule has 6 nitrogen and oxygen atoms in total. The summed E-state index contributed by atoms with van der Waals surface area (Å²) >= 11 is 6.48. The predicted octanol–water partition coefficient (Wildman–Crippen LogP) is 3.38. The minimum absolute atomic E-state index is 0.143. The summed E-state index contributed by atoms with van der Waals surface area (Å²) in [7, 11) is 5.42. The maximum Gasteiger partial charge on any atom is 0.360 e. The molecule has 3 rings (SSSR count). The SMILES string of the molecule is CCOC(=O)c1nn(C)c(N(C)C2(c3ccc(OC)cc3)CC2)c1Cl. The summed E-state index contributed by atoms with van der Waals surface area (Å²) in [5, 5.41) is 4.58. The Morgan fingerprint density at radius 2 is 2.00 bits per heavy atom. The van der Waals surface area contributed by atoms with Gasteiger partial charge in [0.1, 0.15) is 16.6 Å². The molecular formula is C18H22ClN3O3. The number of methoxy groups -OCH3 is 1. The van der Waals surface area contributed by atoms with Gasteiger partial charge in [-0.3, -0.25) is 4.68 Å². The van der Waals surface area contributed by atoms with E-state index in [4.69, 9.17) is 21.1 Å². The molecule has 1 aliphatic carbocycles. The van der Waals surface area contributed by atoms with Gasteiger partial charge in [0, 0.05) is 14.1 Å². The van der Waals surface area contributed by atoms with Crippen molar-refractivity contribution in [1.82, 2.24) is 9.78 Å². The molecular weight excluding hydrogens is 342 g/mol. The van der Waals surface area contributed by atoms with Crippen LogP contribution in [-0.4, -0.2) is 36.5 Å². The first-order valence-electron chi connectivity index (χ1n) is 8.22. The molecule has 0 bridgehead atoms. The minimum Gasteiger partial charge on any atom is -0.497 e. The zero-order valence-corrected chi connectivity index (χ0v) is 15.6. The molecule has 1 aromatic carbocycles. The molecule has 1 heterocycles. The molecule has 134 valence electrons. The third kappa shape index (κ3) is 2.95. The van der Waals surface area contributed by atoms with Crippen LogP contribution in [0.15, 0.2) is 24.3 Å². The van der Waals surface area contributed by atoms with Gasteiger partial charge < -0.3 is 14.4 Å². The van der Waals surface area contributed by atoms with Gasteiger partial charge in [-0.15, -0.1) is 0 Å². The number of hydrogen-bond donors (Lipinski definition) is 0. The number of aryl methyl sites for hydroxylation is 1. The average Bonchev–Trinajstić information content (AvgIpc) is 3.36. The van der Waals surface area contributed by atoms with E-state index in [0.29, 0.717) is 10.8 Å². The molecule has 1 fully saturated rings. The Morgan fingerprint density at radius 3 is 2.52 bits per heavy atom. The topological polar surface area (TPSA) is 56.6 Å². The van der Waals surface area contributed by atoms with Crippen LogP contribution < -0.4 is 9.64 Å². The second-order valence-electron chi connectivity index (χ2n) is 6.15. The molecule has 0 aliphatic heterocycles. The number of aromatic nitrogens is 2. The Bertz CT molecular complexity index is 782. The highest BCUT2D eigenvalue weighted by Crippen LogP contribution is 2.53. The van der Waals surface area contributed by atoms with Crippen molar-refractivity contribution in [3.63, 3.8) is 0 Å². The van der Waals surface area contributed by atoms with Crippen molar-refractivity contribution < 1.29 is 14.3 Å². The average molecular weight is 364 g/mol. The second-order valence-corrected chi connectivity index (χ2v) is 6.53. The Balaban J connectivity index is 1.95. The zero-order chi connectivity index (χ0) is 18.2. The van der Waals surface area contributed by atoms with E-state index >= 15 is 0 Å². The summed E-state index contributed by atoms with van der Waals surface area (Å²) in [6.07, 6.45) is 2.01. The van der Waals surface area contributed by atoms with Gasteiger partial charge >= 0.3 is 5.97 Å². The van der Waals surface area contributed by atoms with E-state index in [1.165, 1.54) is 5.56 Å². The van der Waals surface area contributed by atoms with E-state index in [1.807, 2.05) is 19.2 Å².